The molecule has 0 aromatic heterocycles. The third kappa shape index (κ3) is 2.59. The monoisotopic (exact) mass is 269 g/mol. The van der Waals surface area contributed by atoms with Crippen LogP contribution in [0.2, 0.25) is 0 Å². The zero-order valence-electron chi connectivity index (χ0n) is 10.9. The lowest BCUT2D eigenvalue weighted by Gasteiger charge is -2.15. The molecule has 0 aliphatic carbocycles. The Morgan fingerprint density at radius 2 is 1.85 bits per heavy atom. The minimum atomic E-state index is -0.521. The van der Waals surface area contributed by atoms with E-state index in [1.54, 1.807) is 24.3 Å². The molecule has 1 amide bonds. The van der Waals surface area contributed by atoms with Crippen molar-refractivity contribution >= 4 is 11.6 Å². The third-order valence-electron chi connectivity index (χ3n) is 3.36. The molecule has 4 heteroatoms. The van der Waals surface area contributed by atoms with Crippen LogP contribution >= 0.6 is 0 Å². The zero-order valence-corrected chi connectivity index (χ0v) is 10.9. The van der Waals surface area contributed by atoms with Gasteiger partial charge in [0.1, 0.15) is 11.5 Å². The van der Waals surface area contributed by atoms with E-state index in [1.165, 1.54) is 0 Å². The third-order valence-corrected chi connectivity index (χ3v) is 3.36. The quantitative estimate of drug-likeness (QED) is 0.881. The molecular formula is C16H15NO3. The van der Waals surface area contributed by atoms with Gasteiger partial charge in [-0.05, 0) is 48.7 Å². The maximum Gasteiger partial charge on any atom is 0.265 e. The van der Waals surface area contributed by atoms with Gasteiger partial charge >= 0.3 is 0 Å². The number of hydrogen-bond donors (Lipinski definition) is 2. The van der Waals surface area contributed by atoms with E-state index in [4.69, 9.17) is 4.74 Å². The number of para-hydroxylation sites is 1. The highest BCUT2D eigenvalue weighted by atomic mass is 16.5. The Morgan fingerprint density at radius 3 is 2.65 bits per heavy atom. The molecule has 0 saturated carbocycles. The molecule has 3 rings (SSSR count). The summed E-state index contributed by atoms with van der Waals surface area (Å²) in [6, 6.07) is 14.2. The first-order chi connectivity index (χ1) is 9.72. The molecule has 2 N–H and O–H groups in total. The number of amides is 1. The van der Waals surface area contributed by atoms with E-state index in [0.717, 1.165) is 17.7 Å². The lowest BCUT2D eigenvalue weighted by atomic mass is 10.1. The van der Waals surface area contributed by atoms with Crippen molar-refractivity contribution in [1.29, 1.82) is 0 Å². The van der Waals surface area contributed by atoms with Crippen LogP contribution in [0.15, 0.2) is 48.5 Å². The van der Waals surface area contributed by atoms with Gasteiger partial charge in [0.15, 0.2) is 6.10 Å². The normalized spacial score (nSPS) is 17.8. The summed E-state index contributed by atoms with van der Waals surface area (Å²) in [6.45, 7) is 0. The van der Waals surface area contributed by atoms with Crippen LogP contribution in [0, 0.1) is 0 Å². The van der Waals surface area contributed by atoms with Crippen LogP contribution in [-0.2, 0) is 11.2 Å². The highest BCUT2D eigenvalue weighted by molar-refractivity contribution is 5.95. The fraction of sp³-hybridized carbons (Fsp3) is 0.188. The molecule has 4 nitrogen and oxygen atoms in total. The molecule has 1 aliphatic rings. The van der Waals surface area contributed by atoms with Gasteiger partial charge in [-0.15, -0.1) is 0 Å². The van der Waals surface area contributed by atoms with Gasteiger partial charge < -0.3 is 15.2 Å². The van der Waals surface area contributed by atoms with Crippen LogP contribution in [0.4, 0.5) is 5.69 Å². The topological polar surface area (TPSA) is 58.6 Å². The van der Waals surface area contributed by atoms with Gasteiger partial charge in [-0.25, -0.2) is 0 Å². The number of phenolic OH excluding ortho intramolecular Hbond substituents is 1. The lowest BCUT2D eigenvalue weighted by molar-refractivity contribution is -0.122. The van der Waals surface area contributed by atoms with Crippen LogP contribution in [0.3, 0.4) is 0 Å². The van der Waals surface area contributed by atoms with Crippen LogP contribution < -0.4 is 10.1 Å². The Balaban J connectivity index is 1.76. The van der Waals surface area contributed by atoms with Crippen molar-refractivity contribution < 1.29 is 14.6 Å². The minimum absolute atomic E-state index is 0.136. The maximum atomic E-state index is 12.2. The summed E-state index contributed by atoms with van der Waals surface area (Å²) in [6.07, 6.45) is 0.897. The predicted molar refractivity (Wildman–Crippen MR) is 75.9 cm³/mol. The van der Waals surface area contributed by atoms with Crippen molar-refractivity contribution in [2.75, 3.05) is 5.32 Å². The average molecular weight is 269 g/mol. The standard InChI is InChI=1S/C16H15NO3/c18-12-6-8-13(9-7-12)20-15-10-5-11-3-1-2-4-14(11)17-16(15)19/h1-4,6-9,15,18H,5,10H2,(H,17,19). The second-order valence-electron chi connectivity index (χ2n) is 4.79. The Hall–Kier alpha value is -2.49. The number of hydrogen-bond acceptors (Lipinski definition) is 3. The number of benzene rings is 2. The molecule has 0 bridgehead atoms. The summed E-state index contributed by atoms with van der Waals surface area (Å²) in [7, 11) is 0. The Morgan fingerprint density at radius 1 is 1.10 bits per heavy atom. The number of nitrogens with one attached hydrogen (secondary N) is 1. The molecule has 102 valence electrons. The van der Waals surface area contributed by atoms with Crippen molar-refractivity contribution in [1.82, 2.24) is 0 Å². The molecule has 1 atom stereocenters. The molecule has 1 aliphatic heterocycles. The van der Waals surface area contributed by atoms with Gasteiger partial charge in [-0.3, -0.25) is 4.79 Å². The highest BCUT2D eigenvalue weighted by Gasteiger charge is 2.24. The van der Waals surface area contributed by atoms with E-state index in [1.807, 2.05) is 24.3 Å². The van der Waals surface area contributed by atoms with E-state index < -0.39 is 6.10 Å². The molecule has 1 heterocycles. The number of aryl methyl sites for hydroxylation is 1. The summed E-state index contributed by atoms with van der Waals surface area (Å²) < 4.78 is 5.71. The molecule has 0 spiro atoms. The van der Waals surface area contributed by atoms with Gasteiger partial charge in [0, 0.05) is 5.69 Å². The Kier molecular flexibility index (Phi) is 3.29. The van der Waals surface area contributed by atoms with Crippen molar-refractivity contribution in [3.05, 3.63) is 54.1 Å². The molecule has 20 heavy (non-hydrogen) atoms. The largest absolute Gasteiger partial charge is 0.508 e. The number of fused-ring (bicyclic) bond motifs is 1. The predicted octanol–water partition coefficient (Wildman–Crippen LogP) is 2.72. The summed E-state index contributed by atoms with van der Waals surface area (Å²) in [5.74, 6) is 0.618. The first-order valence-corrected chi connectivity index (χ1v) is 6.57. The summed E-state index contributed by atoms with van der Waals surface area (Å²) >= 11 is 0. The van der Waals surface area contributed by atoms with Crippen LogP contribution in [0.1, 0.15) is 12.0 Å². The number of carbonyl (C=O) groups excluding carboxylic acids is 1. The van der Waals surface area contributed by atoms with Gasteiger partial charge in [0.05, 0.1) is 0 Å². The Labute approximate surface area is 117 Å². The van der Waals surface area contributed by atoms with Crippen LogP contribution in [0.25, 0.3) is 0 Å². The number of ether oxygens (including phenoxy) is 1. The number of anilines is 1. The smallest absolute Gasteiger partial charge is 0.265 e. The zero-order chi connectivity index (χ0) is 13.9. The van der Waals surface area contributed by atoms with E-state index in [2.05, 4.69) is 5.32 Å². The van der Waals surface area contributed by atoms with E-state index in [0.29, 0.717) is 12.2 Å². The van der Waals surface area contributed by atoms with E-state index in [-0.39, 0.29) is 11.7 Å². The lowest BCUT2D eigenvalue weighted by Crippen LogP contribution is -2.31. The fourth-order valence-electron chi connectivity index (χ4n) is 2.29. The van der Waals surface area contributed by atoms with Gasteiger partial charge in [-0.1, -0.05) is 18.2 Å². The number of rotatable bonds is 2. The number of phenols is 1. The number of carbonyl (C=O) groups is 1. The summed E-state index contributed by atoms with van der Waals surface area (Å²) in [5.41, 5.74) is 1.98. The Bertz CT molecular complexity index is 622. The second kappa shape index (κ2) is 5.25. The molecule has 1 unspecified atom stereocenters. The summed E-state index contributed by atoms with van der Waals surface area (Å²) in [4.78, 5) is 12.2. The molecule has 0 fully saturated rings. The van der Waals surface area contributed by atoms with E-state index in [9.17, 15) is 9.90 Å². The molecular weight excluding hydrogens is 254 g/mol. The van der Waals surface area contributed by atoms with Crippen molar-refractivity contribution in [2.45, 2.75) is 18.9 Å². The van der Waals surface area contributed by atoms with Crippen molar-refractivity contribution in [3.8, 4) is 11.5 Å². The molecule has 0 saturated heterocycles. The molecule has 0 radical (unpaired) electrons. The van der Waals surface area contributed by atoms with Crippen LogP contribution in [-0.4, -0.2) is 17.1 Å². The van der Waals surface area contributed by atoms with Gasteiger partial charge in [0.25, 0.3) is 5.91 Å². The van der Waals surface area contributed by atoms with Crippen LogP contribution in [0.5, 0.6) is 11.5 Å². The molecule has 2 aromatic rings. The highest BCUT2D eigenvalue weighted by Crippen LogP contribution is 2.24. The molecule has 2 aromatic carbocycles. The second-order valence-corrected chi connectivity index (χ2v) is 4.79. The van der Waals surface area contributed by atoms with E-state index >= 15 is 0 Å². The van der Waals surface area contributed by atoms with Crippen molar-refractivity contribution in [2.24, 2.45) is 0 Å². The SMILES string of the molecule is O=C1Nc2ccccc2CCC1Oc1ccc(O)cc1. The maximum absolute atomic E-state index is 12.2. The van der Waals surface area contributed by atoms with Crippen molar-refractivity contribution in [3.63, 3.8) is 0 Å². The first-order valence-electron chi connectivity index (χ1n) is 6.57. The minimum Gasteiger partial charge on any atom is -0.508 e. The fourth-order valence-corrected chi connectivity index (χ4v) is 2.29. The van der Waals surface area contributed by atoms with Gasteiger partial charge in [0.2, 0.25) is 0 Å². The summed E-state index contributed by atoms with van der Waals surface area (Å²) in [5, 5.41) is 12.1. The first kappa shape index (κ1) is 12.5. The van der Waals surface area contributed by atoms with Gasteiger partial charge in [-0.2, -0.15) is 0 Å². The number of aromatic hydroxyl groups is 1. The average Bonchev–Trinajstić information content (AvgIpc) is 2.61.